The molecule has 7 heteroatoms. The van der Waals surface area contributed by atoms with Crippen molar-refractivity contribution in [3.63, 3.8) is 0 Å². The number of amides is 2. The van der Waals surface area contributed by atoms with E-state index in [0.717, 1.165) is 5.56 Å². The third-order valence-electron chi connectivity index (χ3n) is 2.38. The Morgan fingerprint density at radius 3 is 2.60 bits per heavy atom. The number of carbonyl (C=O) groups is 3. The number of rotatable bonds is 4. The lowest BCUT2D eigenvalue weighted by atomic mass is 10.3. The number of esters is 1. The van der Waals surface area contributed by atoms with Gasteiger partial charge in [-0.05, 0) is 35.4 Å². The zero-order valence-electron chi connectivity index (χ0n) is 10.5. The average Bonchev–Trinajstić information content (AvgIpc) is 3.06. The van der Waals surface area contributed by atoms with Gasteiger partial charge in [0.2, 0.25) is 0 Å². The molecule has 0 aromatic carbocycles. The Morgan fingerprint density at radius 1 is 1.20 bits per heavy atom. The minimum Gasteiger partial charge on any atom is -0.451 e. The van der Waals surface area contributed by atoms with Crippen molar-refractivity contribution < 1.29 is 19.1 Å². The number of imide groups is 1. The van der Waals surface area contributed by atoms with Crippen LogP contribution in [0.5, 0.6) is 0 Å². The number of aryl methyl sites for hydroxylation is 1. The molecule has 0 saturated carbocycles. The van der Waals surface area contributed by atoms with Crippen molar-refractivity contribution in [3.8, 4) is 0 Å². The van der Waals surface area contributed by atoms with E-state index in [1.54, 1.807) is 35.9 Å². The molecule has 1 N–H and O–H groups in total. The van der Waals surface area contributed by atoms with E-state index in [1.165, 1.54) is 22.7 Å². The van der Waals surface area contributed by atoms with Gasteiger partial charge in [0.1, 0.15) is 4.88 Å². The fourth-order valence-electron chi connectivity index (χ4n) is 1.41. The van der Waals surface area contributed by atoms with Crippen molar-refractivity contribution in [2.24, 2.45) is 0 Å². The number of ether oxygens (including phenoxy) is 1. The summed E-state index contributed by atoms with van der Waals surface area (Å²) in [6.07, 6.45) is 0. The van der Waals surface area contributed by atoms with Gasteiger partial charge < -0.3 is 4.74 Å². The molecule has 0 saturated heterocycles. The lowest BCUT2D eigenvalue weighted by molar-refractivity contribution is -0.123. The molecule has 20 heavy (non-hydrogen) atoms. The Kier molecular flexibility index (Phi) is 4.65. The normalized spacial score (nSPS) is 10.1. The summed E-state index contributed by atoms with van der Waals surface area (Å²) in [5, 5.41) is 5.66. The van der Waals surface area contributed by atoms with E-state index in [4.69, 9.17) is 4.74 Å². The fraction of sp³-hybridized carbons (Fsp3) is 0.154. The summed E-state index contributed by atoms with van der Waals surface area (Å²) < 4.78 is 4.86. The van der Waals surface area contributed by atoms with Crippen LogP contribution in [0, 0.1) is 6.92 Å². The summed E-state index contributed by atoms with van der Waals surface area (Å²) in [6, 6.07) is 5.11. The SMILES string of the molecule is Cc1ccsc1C(=O)OCC(=O)NC(=O)c1cccs1. The summed E-state index contributed by atoms with van der Waals surface area (Å²) in [6.45, 7) is 1.31. The second kappa shape index (κ2) is 6.44. The zero-order valence-corrected chi connectivity index (χ0v) is 12.2. The molecule has 0 radical (unpaired) electrons. The van der Waals surface area contributed by atoms with Gasteiger partial charge in [0.05, 0.1) is 4.88 Å². The van der Waals surface area contributed by atoms with Crippen molar-refractivity contribution in [1.82, 2.24) is 5.32 Å². The predicted molar refractivity (Wildman–Crippen MR) is 76.1 cm³/mol. The lowest BCUT2D eigenvalue weighted by Gasteiger charge is -2.04. The predicted octanol–water partition coefficient (Wildman–Crippen LogP) is 2.23. The highest BCUT2D eigenvalue weighted by atomic mass is 32.1. The molecule has 0 aliphatic rings. The van der Waals surface area contributed by atoms with Crippen LogP contribution in [-0.2, 0) is 9.53 Å². The molecular formula is C13H11NO4S2. The Morgan fingerprint density at radius 2 is 2.00 bits per heavy atom. The maximum atomic E-state index is 11.7. The van der Waals surface area contributed by atoms with Crippen molar-refractivity contribution in [2.75, 3.05) is 6.61 Å². The van der Waals surface area contributed by atoms with Gasteiger partial charge in [-0.2, -0.15) is 0 Å². The van der Waals surface area contributed by atoms with Gasteiger partial charge in [-0.15, -0.1) is 22.7 Å². The van der Waals surface area contributed by atoms with E-state index in [9.17, 15) is 14.4 Å². The van der Waals surface area contributed by atoms with Gasteiger partial charge in [-0.25, -0.2) is 4.79 Å². The van der Waals surface area contributed by atoms with Crippen molar-refractivity contribution in [2.45, 2.75) is 6.92 Å². The molecule has 2 rings (SSSR count). The standard InChI is InChI=1S/C13H11NO4S2/c1-8-4-6-20-11(8)13(17)18-7-10(15)14-12(16)9-3-2-5-19-9/h2-6H,7H2,1H3,(H,14,15,16). The monoisotopic (exact) mass is 309 g/mol. The summed E-state index contributed by atoms with van der Waals surface area (Å²) >= 11 is 2.48. The summed E-state index contributed by atoms with van der Waals surface area (Å²) in [5.41, 5.74) is 0.801. The quantitative estimate of drug-likeness (QED) is 0.879. The maximum absolute atomic E-state index is 11.7. The van der Waals surface area contributed by atoms with Crippen LogP contribution in [0.15, 0.2) is 29.0 Å². The van der Waals surface area contributed by atoms with Gasteiger partial charge in [-0.3, -0.25) is 14.9 Å². The number of thiophene rings is 2. The highest BCUT2D eigenvalue weighted by Crippen LogP contribution is 2.16. The average molecular weight is 309 g/mol. The van der Waals surface area contributed by atoms with E-state index >= 15 is 0 Å². The zero-order chi connectivity index (χ0) is 14.5. The smallest absolute Gasteiger partial charge is 0.349 e. The molecule has 104 valence electrons. The third kappa shape index (κ3) is 3.52. The molecule has 5 nitrogen and oxygen atoms in total. The van der Waals surface area contributed by atoms with Crippen LogP contribution in [0.25, 0.3) is 0 Å². The van der Waals surface area contributed by atoms with Crippen LogP contribution in [0.3, 0.4) is 0 Å². The Labute approximate surface area is 123 Å². The molecule has 0 bridgehead atoms. The minimum absolute atomic E-state index is 0.429. The number of hydrogen-bond acceptors (Lipinski definition) is 6. The molecule has 0 aliphatic heterocycles. The van der Waals surface area contributed by atoms with E-state index < -0.39 is 24.4 Å². The summed E-state index contributed by atoms with van der Waals surface area (Å²) in [4.78, 5) is 35.7. The van der Waals surface area contributed by atoms with Gasteiger partial charge in [0.25, 0.3) is 11.8 Å². The molecule has 0 fully saturated rings. The van der Waals surface area contributed by atoms with E-state index in [2.05, 4.69) is 5.32 Å². The lowest BCUT2D eigenvalue weighted by Crippen LogP contribution is -2.33. The largest absolute Gasteiger partial charge is 0.451 e. The van der Waals surface area contributed by atoms with Gasteiger partial charge in [0, 0.05) is 0 Å². The van der Waals surface area contributed by atoms with Crippen molar-refractivity contribution in [1.29, 1.82) is 0 Å². The van der Waals surface area contributed by atoms with Gasteiger partial charge in [0.15, 0.2) is 6.61 Å². The number of carbonyl (C=O) groups excluding carboxylic acids is 3. The van der Waals surface area contributed by atoms with Gasteiger partial charge in [-0.1, -0.05) is 6.07 Å². The van der Waals surface area contributed by atoms with Crippen LogP contribution < -0.4 is 5.32 Å². The minimum atomic E-state index is -0.647. The first kappa shape index (κ1) is 14.4. The first-order chi connectivity index (χ1) is 9.58. The summed E-state index contributed by atoms with van der Waals surface area (Å²) in [5.74, 6) is -1.70. The Hall–Kier alpha value is -1.99. The molecule has 0 aliphatic carbocycles. The van der Waals surface area contributed by atoms with Crippen LogP contribution in [-0.4, -0.2) is 24.4 Å². The second-order valence-electron chi connectivity index (χ2n) is 3.86. The highest BCUT2D eigenvalue weighted by molar-refractivity contribution is 7.12. The second-order valence-corrected chi connectivity index (χ2v) is 5.73. The first-order valence-corrected chi connectivity index (χ1v) is 7.43. The molecule has 2 amide bonds. The van der Waals surface area contributed by atoms with Crippen molar-refractivity contribution >= 4 is 40.5 Å². The molecule has 0 spiro atoms. The van der Waals surface area contributed by atoms with Crippen LogP contribution in [0.2, 0.25) is 0 Å². The topological polar surface area (TPSA) is 72.5 Å². The van der Waals surface area contributed by atoms with Crippen LogP contribution in [0.4, 0.5) is 0 Å². The van der Waals surface area contributed by atoms with Gasteiger partial charge >= 0.3 is 5.97 Å². The number of hydrogen-bond donors (Lipinski definition) is 1. The molecule has 2 heterocycles. The van der Waals surface area contributed by atoms with Crippen molar-refractivity contribution in [3.05, 3.63) is 44.3 Å². The van der Waals surface area contributed by atoms with E-state index in [-0.39, 0.29) is 0 Å². The fourth-order valence-corrected chi connectivity index (χ4v) is 2.85. The molecular weight excluding hydrogens is 298 g/mol. The van der Waals surface area contributed by atoms with E-state index in [0.29, 0.717) is 9.75 Å². The Bertz CT molecular complexity index is 631. The van der Waals surface area contributed by atoms with E-state index in [1.807, 2.05) is 0 Å². The molecule has 2 aromatic heterocycles. The first-order valence-electron chi connectivity index (χ1n) is 5.67. The van der Waals surface area contributed by atoms with Crippen LogP contribution in [0.1, 0.15) is 24.9 Å². The van der Waals surface area contributed by atoms with Crippen LogP contribution >= 0.6 is 22.7 Å². The summed E-state index contributed by atoms with van der Waals surface area (Å²) in [7, 11) is 0. The highest BCUT2D eigenvalue weighted by Gasteiger charge is 2.16. The maximum Gasteiger partial charge on any atom is 0.349 e. The molecule has 2 aromatic rings. The number of nitrogens with one attached hydrogen (secondary N) is 1. The molecule has 0 unspecified atom stereocenters. The molecule has 0 atom stereocenters. The Balaban J connectivity index is 1.82. The third-order valence-corrected chi connectivity index (χ3v) is 4.24.